The van der Waals surface area contributed by atoms with Crippen molar-refractivity contribution in [3.8, 4) is 11.5 Å². The van der Waals surface area contributed by atoms with E-state index in [1.54, 1.807) is 19.2 Å². The lowest BCUT2D eigenvalue weighted by atomic mass is 10.2. The molecule has 0 aliphatic carbocycles. The minimum absolute atomic E-state index is 0.0906. The Morgan fingerprint density at radius 2 is 1.72 bits per heavy atom. The number of nitrogens with zero attached hydrogens (tertiary/aromatic N) is 3. The molecular weight excluding hydrogens is 406 g/mol. The third kappa shape index (κ3) is 5.66. The summed E-state index contributed by atoms with van der Waals surface area (Å²) in [7, 11) is 1.59. The third-order valence-electron chi connectivity index (χ3n) is 5.08. The first-order valence-electron chi connectivity index (χ1n) is 10.6. The fraction of sp³-hybridized carbons (Fsp3) is 0.292. The zero-order valence-corrected chi connectivity index (χ0v) is 18.3. The molecule has 0 spiro atoms. The van der Waals surface area contributed by atoms with Gasteiger partial charge in [0.1, 0.15) is 17.3 Å². The lowest BCUT2D eigenvalue weighted by Gasteiger charge is -2.17. The van der Waals surface area contributed by atoms with Crippen LogP contribution in [0.5, 0.6) is 11.5 Å². The summed E-state index contributed by atoms with van der Waals surface area (Å²) in [6.07, 6.45) is 2.36. The predicted molar refractivity (Wildman–Crippen MR) is 125 cm³/mol. The normalized spacial score (nSPS) is 13.0. The van der Waals surface area contributed by atoms with Gasteiger partial charge in [-0.3, -0.25) is 4.79 Å². The summed E-state index contributed by atoms with van der Waals surface area (Å²) in [6, 6.07) is 16.5. The number of anilines is 4. The minimum Gasteiger partial charge on any atom is -0.497 e. The summed E-state index contributed by atoms with van der Waals surface area (Å²) in [4.78, 5) is 23.6. The fourth-order valence-electron chi connectivity index (χ4n) is 3.50. The molecule has 32 heavy (non-hydrogen) atoms. The molecule has 2 N–H and O–H groups in total. The van der Waals surface area contributed by atoms with E-state index in [9.17, 15) is 4.79 Å². The molecule has 0 atom stereocenters. The first kappa shape index (κ1) is 21.4. The molecule has 0 saturated carbocycles. The second-order valence-electron chi connectivity index (χ2n) is 7.61. The molecule has 0 bridgehead atoms. The van der Waals surface area contributed by atoms with Crippen molar-refractivity contribution in [1.82, 2.24) is 9.97 Å². The molecular formula is C24H27N5O3. The number of benzene rings is 2. The van der Waals surface area contributed by atoms with E-state index in [-0.39, 0.29) is 12.5 Å². The van der Waals surface area contributed by atoms with Gasteiger partial charge in [0.05, 0.1) is 7.11 Å². The number of hydrogen-bond donors (Lipinski definition) is 2. The summed E-state index contributed by atoms with van der Waals surface area (Å²) < 4.78 is 10.7. The molecule has 8 heteroatoms. The monoisotopic (exact) mass is 433 g/mol. The molecule has 8 nitrogen and oxygen atoms in total. The number of carbonyl (C=O) groups is 1. The maximum atomic E-state index is 12.2. The Morgan fingerprint density at radius 1 is 1.00 bits per heavy atom. The number of amides is 1. The average Bonchev–Trinajstić information content (AvgIpc) is 3.34. The number of aromatic nitrogens is 2. The van der Waals surface area contributed by atoms with Crippen LogP contribution in [0.2, 0.25) is 0 Å². The maximum absolute atomic E-state index is 12.2. The number of carbonyl (C=O) groups excluding carboxylic acids is 1. The van der Waals surface area contributed by atoms with Crippen molar-refractivity contribution in [2.24, 2.45) is 0 Å². The molecule has 1 aromatic heterocycles. The lowest BCUT2D eigenvalue weighted by molar-refractivity contribution is -0.118. The van der Waals surface area contributed by atoms with Crippen molar-refractivity contribution in [1.29, 1.82) is 0 Å². The Kier molecular flexibility index (Phi) is 6.69. The van der Waals surface area contributed by atoms with Crippen molar-refractivity contribution in [2.75, 3.05) is 42.3 Å². The second-order valence-corrected chi connectivity index (χ2v) is 7.61. The molecule has 0 unspecified atom stereocenters. The first-order chi connectivity index (χ1) is 15.6. The Labute approximate surface area is 187 Å². The molecule has 0 radical (unpaired) electrons. The van der Waals surface area contributed by atoms with E-state index in [2.05, 4.69) is 25.5 Å². The quantitative estimate of drug-likeness (QED) is 0.552. The molecule has 166 valence electrons. The van der Waals surface area contributed by atoms with Crippen LogP contribution in [0.15, 0.2) is 54.6 Å². The van der Waals surface area contributed by atoms with Gasteiger partial charge in [0.15, 0.2) is 6.61 Å². The Morgan fingerprint density at radius 3 is 2.47 bits per heavy atom. The third-order valence-corrected chi connectivity index (χ3v) is 5.08. The number of methoxy groups -OCH3 is 1. The van der Waals surface area contributed by atoms with Crippen LogP contribution in [0, 0.1) is 6.92 Å². The number of aryl methyl sites for hydroxylation is 1. The Bertz CT molecular complexity index is 1070. The molecule has 1 amide bonds. The van der Waals surface area contributed by atoms with Crippen molar-refractivity contribution in [3.05, 3.63) is 60.3 Å². The van der Waals surface area contributed by atoms with Crippen LogP contribution >= 0.6 is 0 Å². The zero-order chi connectivity index (χ0) is 22.3. The average molecular weight is 434 g/mol. The van der Waals surface area contributed by atoms with Gasteiger partial charge in [-0.25, -0.2) is 4.98 Å². The number of hydrogen-bond acceptors (Lipinski definition) is 7. The van der Waals surface area contributed by atoms with E-state index in [0.717, 1.165) is 36.2 Å². The van der Waals surface area contributed by atoms with Crippen molar-refractivity contribution in [3.63, 3.8) is 0 Å². The summed E-state index contributed by atoms with van der Waals surface area (Å²) >= 11 is 0. The molecule has 2 heterocycles. The van der Waals surface area contributed by atoms with Gasteiger partial charge in [0.25, 0.3) is 5.91 Å². The number of nitrogens with one attached hydrogen (secondary N) is 2. The van der Waals surface area contributed by atoms with Crippen molar-refractivity contribution in [2.45, 2.75) is 19.8 Å². The summed E-state index contributed by atoms with van der Waals surface area (Å²) in [6.45, 7) is 3.88. The molecule has 1 aliphatic rings. The summed E-state index contributed by atoms with van der Waals surface area (Å²) in [5, 5.41) is 6.15. The highest BCUT2D eigenvalue weighted by molar-refractivity contribution is 5.92. The summed E-state index contributed by atoms with van der Waals surface area (Å²) in [5.41, 5.74) is 2.48. The van der Waals surface area contributed by atoms with Crippen molar-refractivity contribution >= 4 is 29.0 Å². The maximum Gasteiger partial charge on any atom is 0.262 e. The van der Waals surface area contributed by atoms with Gasteiger partial charge in [-0.05, 0) is 56.2 Å². The Balaban J connectivity index is 1.32. The SMILES string of the molecule is COc1cccc(OCC(=O)Nc2ccc(Nc3cc(C)nc(N4CCCC4)n3)cc2)c1. The highest BCUT2D eigenvalue weighted by atomic mass is 16.5. The van der Waals surface area contributed by atoms with Gasteiger partial charge in [0, 0.05) is 42.3 Å². The first-order valence-corrected chi connectivity index (χ1v) is 10.6. The molecule has 2 aromatic carbocycles. The van der Waals surface area contributed by atoms with Crippen LogP contribution in [0.1, 0.15) is 18.5 Å². The minimum atomic E-state index is -0.241. The lowest BCUT2D eigenvalue weighted by Crippen LogP contribution is -2.21. The van der Waals surface area contributed by atoms with Gasteiger partial charge in [0.2, 0.25) is 5.95 Å². The van der Waals surface area contributed by atoms with E-state index < -0.39 is 0 Å². The number of rotatable bonds is 8. The molecule has 4 rings (SSSR count). The highest BCUT2D eigenvalue weighted by Gasteiger charge is 2.16. The van der Waals surface area contributed by atoms with Crippen LogP contribution in [-0.4, -0.2) is 42.7 Å². The van der Waals surface area contributed by atoms with Crippen LogP contribution in [0.4, 0.5) is 23.1 Å². The van der Waals surface area contributed by atoms with Gasteiger partial charge in [-0.15, -0.1) is 0 Å². The second kappa shape index (κ2) is 10.00. The largest absolute Gasteiger partial charge is 0.497 e. The Hall–Kier alpha value is -3.81. The van der Waals surface area contributed by atoms with E-state index in [1.165, 1.54) is 12.8 Å². The smallest absolute Gasteiger partial charge is 0.262 e. The molecule has 1 fully saturated rings. The number of ether oxygens (including phenoxy) is 2. The van der Waals surface area contributed by atoms with E-state index in [4.69, 9.17) is 9.47 Å². The zero-order valence-electron chi connectivity index (χ0n) is 18.3. The summed E-state index contributed by atoms with van der Waals surface area (Å²) in [5.74, 6) is 2.54. The molecule has 3 aromatic rings. The van der Waals surface area contributed by atoms with Gasteiger partial charge in [-0.1, -0.05) is 6.07 Å². The van der Waals surface area contributed by atoms with E-state index in [1.807, 2.05) is 49.4 Å². The van der Waals surface area contributed by atoms with Crippen LogP contribution in [0.3, 0.4) is 0 Å². The van der Waals surface area contributed by atoms with Crippen LogP contribution in [-0.2, 0) is 4.79 Å². The highest BCUT2D eigenvalue weighted by Crippen LogP contribution is 2.22. The molecule has 1 aliphatic heterocycles. The van der Waals surface area contributed by atoms with Crippen LogP contribution in [0.25, 0.3) is 0 Å². The fourth-order valence-corrected chi connectivity index (χ4v) is 3.50. The van der Waals surface area contributed by atoms with E-state index in [0.29, 0.717) is 17.2 Å². The van der Waals surface area contributed by atoms with Gasteiger partial charge >= 0.3 is 0 Å². The van der Waals surface area contributed by atoms with E-state index >= 15 is 0 Å². The predicted octanol–water partition coefficient (Wildman–Crippen LogP) is 4.15. The van der Waals surface area contributed by atoms with Gasteiger partial charge < -0.3 is 25.0 Å². The van der Waals surface area contributed by atoms with Crippen molar-refractivity contribution < 1.29 is 14.3 Å². The topological polar surface area (TPSA) is 88.6 Å². The standard InChI is InChI=1S/C24H27N5O3/c1-17-14-22(28-24(25-17)29-12-3-4-13-29)26-18-8-10-19(11-9-18)27-23(30)16-32-21-7-5-6-20(15-21)31-2/h5-11,14-15H,3-4,12-13,16H2,1-2H3,(H,27,30)(H,25,26,28). The van der Waals surface area contributed by atoms with Gasteiger partial charge in [-0.2, -0.15) is 4.98 Å². The van der Waals surface area contributed by atoms with Crippen LogP contribution < -0.4 is 25.0 Å². The molecule has 1 saturated heterocycles.